The van der Waals surface area contributed by atoms with E-state index < -0.39 is 44.8 Å². The Morgan fingerprint density at radius 2 is 2.16 bits per heavy atom. The number of aromatic nitrogens is 2. The molecule has 1 aromatic rings. The third-order valence-electron chi connectivity index (χ3n) is 2.01. The molecule has 1 atom stereocenters. The number of carbonyl (C=O) groups is 1. The zero-order valence-electron chi connectivity index (χ0n) is 9.67. The van der Waals surface area contributed by atoms with Crippen LogP contribution in [-0.2, 0) is 19.6 Å². The summed E-state index contributed by atoms with van der Waals surface area (Å²) < 4.78 is 29.3. The molecule has 10 nitrogen and oxygen atoms in total. The topological polar surface area (TPSA) is 158 Å². The number of sulfonamides is 1. The van der Waals surface area contributed by atoms with Crippen LogP contribution in [0.5, 0.6) is 0 Å². The summed E-state index contributed by atoms with van der Waals surface area (Å²) >= 11 is 0. The van der Waals surface area contributed by atoms with Crippen molar-refractivity contribution >= 4 is 16.0 Å². The average Bonchev–Trinajstić information content (AvgIpc) is 2.34. The highest BCUT2D eigenvalue weighted by molar-refractivity contribution is 7.89. The molecule has 19 heavy (non-hydrogen) atoms. The molecular formula is C8H11N3O7S. The Labute approximate surface area is 106 Å². The van der Waals surface area contributed by atoms with E-state index in [1.165, 1.54) is 0 Å². The van der Waals surface area contributed by atoms with Crippen molar-refractivity contribution in [3.05, 3.63) is 27.0 Å². The third-order valence-corrected chi connectivity index (χ3v) is 3.44. The van der Waals surface area contributed by atoms with Crippen LogP contribution in [0.1, 0.15) is 0 Å². The smallest absolute Gasteiger partial charge is 0.336 e. The second kappa shape index (κ2) is 5.77. The molecule has 0 radical (unpaired) electrons. The van der Waals surface area contributed by atoms with Crippen molar-refractivity contribution in [2.24, 2.45) is 0 Å². The van der Waals surface area contributed by atoms with Gasteiger partial charge in [-0.05, 0) is 0 Å². The van der Waals surface area contributed by atoms with E-state index in [4.69, 9.17) is 0 Å². The van der Waals surface area contributed by atoms with E-state index in [1.807, 2.05) is 9.71 Å². The van der Waals surface area contributed by atoms with E-state index in [2.05, 4.69) is 4.74 Å². The van der Waals surface area contributed by atoms with E-state index in [1.54, 1.807) is 4.98 Å². The van der Waals surface area contributed by atoms with Crippen molar-refractivity contribution in [3.8, 4) is 0 Å². The molecule has 0 aromatic carbocycles. The second-order valence-electron chi connectivity index (χ2n) is 3.33. The molecular weight excluding hydrogens is 282 g/mol. The molecule has 0 saturated carbocycles. The predicted octanol–water partition coefficient (Wildman–Crippen LogP) is -3.12. The summed E-state index contributed by atoms with van der Waals surface area (Å²) in [7, 11) is -3.26. The third kappa shape index (κ3) is 3.74. The fourth-order valence-corrected chi connectivity index (χ4v) is 2.12. The standard InChI is InChI=1S/C8H11N3O7S/c1-18-7(14)4(12)2-10-19(16,17)5-3-9-8(15)11-6(5)13/h3-4,10,12H,2H2,1H3,(H2,9,11,13,15). The summed E-state index contributed by atoms with van der Waals surface area (Å²) in [4.78, 5) is 35.8. The van der Waals surface area contributed by atoms with E-state index in [0.29, 0.717) is 6.20 Å². The normalized spacial score (nSPS) is 12.9. The summed E-state index contributed by atoms with van der Waals surface area (Å²) in [5, 5.41) is 9.20. The Morgan fingerprint density at radius 3 is 2.68 bits per heavy atom. The first kappa shape index (κ1) is 15.1. The quantitative estimate of drug-likeness (QED) is 0.418. The Morgan fingerprint density at radius 1 is 1.53 bits per heavy atom. The first-order valence-electron chi connectivity index (χ1n) is 4.85. The average molecular weight is 293 g/mol. The van der Waals surface area contributed by atoms with Gasteiger partial charge in [0.05, 0.1) is 7.11 Å². The van der Waals surface area contributed by atoms with E-state index in [0.717, 1.165) is 7.11 Å². The number of nitrogens with one attached hydrogen (secondary N) is 3. The number of aliphatic hydroxyl groups is 1. The number of H-pyrrole nitrogens is 2. The van der Waals surface area contributed by atoms with Crippen LogP contribution in [-0.4, -0.2) is 49.2 Å². The maximum Gasteiger partial charge on any atom is 0.336 e. The van der Waals surface area contributed by atoms with Gasteiger partial charge in [-0.25, -0.2) is 22.7 Å². The minimum Gasteiger partial charge on any atom is -0.467 e. The van der Waals surface area contributed by atoms with Gasteiger partial charge in [0.2, 0.25) is 10.0 Å². The van der Waals surface area contributed by atoms with E-state index in [9.17, 15) is 27.9 Å². The van der Waals surface area contributed by atoms with Gasteiger partial charge in [-0.15, -0.1) is 0 Å². The molecule has 0 bridgehead atoms. The van der Waals surface area contributed by atoms with Crippen molar-refractivity contribution in [1.29, 1.82) is 0 Å². The molecule has 1 unspecified atom stereocenters. The number of esters is 1. The van der Waals surface area contributed by atoms with Gasteiger partial charge in [-0.3, -0.25) is 9.78 Å². The first-order valence-corrected chi connectivity index (χ1v) is 6.34. The number of ether oxygens (including phenoxy) is 1. The van der Waals surface area contributed by atoms with Crippen LogP contribution in [0.3, 0.4) is 0 Å². The molecule has 0 saturated heterocycles. The predicted molar refractivity (Wildman–Crippen MR) is 60.9 cm³/mol. The summed E-state index contributed by atoms with van der Waals surface area (Å²) in [6, 6.07) is 0. The maximum absolute atomic E-state index is 11.7. The van der Waals surface area contributed by atoms with Crippen LogP contribution in [0.15, 0.2) is 20.7 Å². The molecule has 1 rings (SSSR count). The fourth-order valence-electron chi connectivity index (χ4n) is 1.08. The largest absolute Gasteiger partial charge is 0.467 e. The van der Waals surface area contributed by atoms with E-state index in [-0.39, 0.29) is 0 Å². The van der Waals surface area contributed by atoms with Gasteiger partial charge in [0, 0.05) is 12.7 Å². The lowest BCUT2D eigenvalue weighted by atomic mass is 10.4. The number of hydrogen-bond acceptors (Lipinski definition) is 7. The van der Waals surface area contributed by atoms with Gasteiger partial charge in [0.15, 0.2) is 11.0 Å². The SMILES string of the molecule is COC(=O)C(O)CNS(=O)(=O)c1c[nH]c(=O)[nH]c1=O. The van der Waals surface area contributed by atoms with Gasteiger partial charge in [0.1, 0.15) is 0 Å². The molecule has 106 valence electrons. The number of aromatic amines is 2. The number of rotatable bonds is 5. The maximum atomic E-state index is 11.7. The molecule has 11 heteroatoms. The molecule has 4 N–H and O–H groups in total. The van der Waals surface area contributed by atoms with Crippen LogP contribution in [0.4, 0.5) is 0 Å². The number of aliphatic hydroxyl groups excluding tert-OH is 1. The zero-order chi connectivity index (χ0) is 14.6. The second-order valence-corrected chi connectivity index (χ2v) is 5.06. The Hall–Kier alpha value is -1.98. The Bertz CT molecular complexity index is 674. The molecule has 1 aromatic heterocycles. The summed E-state index contributed by atoms with van der Waals surface area (Å²) in [5.74, 6) is -1.03. The van der Waals surface area contributed by atoms with Gasteiger partial charge in [0.25, 0.3) is 5.56 Å². The van der Waals surface area contributed by atoms with Gasteiger partial charge in [-0.2, -0.15) is 0 Å². The molecule has 0 spiro atoms. The summed E-state index contributed by atoms with van der Waals surface area (Å²) in [5.41, 5.74) is -1.98. The van der Waals surface area contributed by atoms with Crippen LogP contribution in [0, 0.1) is 0 Å². The fraction of sp³-hybridized carbons (Fsp3) is 0.375. The van der Waals surface area contributed by atoms with Crippen molar-refractivity contribution < 1.29 is 23.1 Å². The zero-order valence-corrected chi connectivity index (χ0v) is 10.5. The molecule has 0 amide bonds. The lowest BCUT2D eigenvalue weighted by molar-refractivity contribution is -0.149. The minimum atomic E-state index is -4.28. The monoisotopic (exact) mass is 293 g/mol. The van der Waals surface area contributed by atoms with Crippen molar-refractivity contribution in [1.82, 2.24) is 14.7 Å². The number of methoxy groups -OCH3 is 1. The van der Waals surface area contributed by atoms with Gasteiger partial charge >= 0.3 is 11.7 Å². The minimum absolute atomic E-state index is 0.673. The lowest BCUT2D eigenvalue weighted by Crippen LogP contribution is -2.39. The Balaban J connectivity index is 2.91. The highest BCUT2D eigenvalue weighted by atomic mass is 32.2. The van der Waals surface area contributed by atoms with Crippen molar-refractivity contribution in [2.75, 3.05) is 13.7 Å². The van der Waals surface area contributed by atoms with E-state index >= 15 is 0 Å². The molecule has 0 aliphatic carbocycles. The number of hydrogen-bond donors (Lipinski definition) is 4. The molecule has 1 heterocycles. The number of carbonyl (C=O) groups excluding carboxylic acids is 1. The molecule has 0 aliphatic heterocycles. The highest BCUT2D eigenvalue weighted by Gasteiger charge is 2.22. The first-order chi connectivity index (χ1) is 8.77. The lowest BCUT2D eigenvalue weighted by Gasteiger charge is -2.09. The molecule has 0 fully saturated rings. The Kier molecular flexibility index (Phi) is 4.58. The van der Waals surface area contributed by atoms with Crippen LogP contribution < -0.4 is 16.0 Å². The van der Waals surface area contributed by atoms with Gasteiger partial charge < -0.3 is 14.8 Å². The summed E-state index contributed by atoms with van der Waals surface area (Å²) in [6.07, 6.45) is -1.00. The highest BCUT2D eigenvalue weighted by Crippen LogP contribution is 1.98. The van der Waals surface area contributed by atoms with Crippen LogP contribution in [0.2, 0.25) is 0 Å². The molecule has 0 aliphatic rings. The summed E-state index contributed by atoms with van der Waals surface area (Å²) in [6.45, 7) is -0.673. The van der Waals surface area contributed by atoms with Crippen molar-refractivity contribution in [2.45, 2.75) is 11.0 Å². The van der Waals surface area contributed by atoms with Crippen LogP contribution >= 0.6 is 0 Å². The van der Waals surface area contributed by atoms with Crippen LogP contribution in [0.25, 0.3) is 0 Å². The van der Waals surface area contributed by atoms with Crippen molar-refractivity contribution in [3.63, 3.8) is 0 Å². The van der Waals surface area contributed by atoms with Gasteiger partial charge in [-0.1, -0.05) is 0 Å².